The number of halogens is 1. The maximum Gasteiger partial charge on any atom is 0.161 e. The minimum atomic E-state index is 0.375. The Morgan fingerprint density at radius 3 is 2.30 bits per heavy atom. The summed E-state index contributed by atoms with van der Waals surface area (Å²) in [6, 6.07) is 4.20. The molecule has 3 heteroatoms. The number of benzene rings is 1. The summed E-state index contributed by atoms with van der Waals surface area (Å²) in [6.07, 6.45) is 3.93. The van der Waals surface area contributed by atoms with Crippen LogP contribution in [0.1, 0.15) is 49.1 Å². The van der Waals surface area contributed by atoms with E-state index in [1.54, 1.807) is 14.2 Å². The van der Waals surface area contributed by atoms with Gasteiger partial charge in [-0.25, -0.2) is 0 Å². The van der Waals surface area contributed by atoms with Gasteiger partial charge < -0.3 is 9.47 Å². The fourth-order valence-corrected chi connectivity index (χ4v) is 4.88. The molecular weight excluding hydrogens is 316 g/mol. The molecule has 2 atom stereocenters. The van der Waals surface area contributed by atoms with Crippen molar-refractivity contribution in [2.75, 3.05) is 14.2 Å². The minimum absolute atomic E-state index is 0.375. The quantitative estimate of drug-likeness (QED) is 0.694. The third-order valence-electron chi connectivity index (χ3n) is 4.76. The summed E-state index contributed by atoms with van der Waals surface area (Å²) in [5, 5.41) is 0. The first-order valence-electron chi connectivity index (χ1n) is 7.27. The lowest BCUT2D eigenvalue weighted by atomic mass is 9.78. The van der Waals surface area contributed by atoms with E-state index in [1.807, 2.05) is 0 Å². The van der Waals surface area contributed by atoms with Crippen molar-refractivity contribution < 1.29 is 9.47 Å². The molecule has 0 N–H and O–H groups in total. The third-order valence-corrected chi connectivity index (χ3v) is 5.89. The van der Waals surface area contributed by atoms with Crippen LogP contribution in [0, 0.1) is 18.3 Å². The molecule has 0 radical (unpaired) electrons. The van der Waals surface area contributed by atoms with Crippen LogP contribution in [-0.2, 0) is 0 Å². The molecule has 1 fully saturated rings. The van der Waals surface area contributed by atoms with Crippen molar-refractivity contribution >= 4 is 15.9 Å². The molecule has 1 aliphatic rings. The SMILES string of the molecule is COc1cc(C)c(C(Br)C2CCCC2(C)C)cc1OC. The topological polar surface area (TPSA) is 18.5 Å². The first kappa shape index (κ1) is 15.7. The number of hydrogen-bond donors (Lipinski definition) is 0. The zero-order valence-corrected chi connectivity index (χ0v) is 14.7. The lowest BCUT2D eigenvalue weighted by Crippen LogP contribution is -2.21. The summed E-state index contributed by atoms with van der Waals surface area (Å²) in [4.78, 5) is 0.375. The van der Waals surface area contributed by atoms with Crippen molar-refractivity contribution in [1.82, 2.24) is 0 Å². The van der Waals surface area contributed by atoms with E-state index >= 15 is 0 Å². The molecule has 112 valence electrons. The number of hydrogen-bond acceptors (Lipinski definition) is 2. The highest BCUT2D eigenvalue weighted by atomic mass is 79.9. The number of alkyl halides is 1. The molecule has 0 bridgehead atoms. The summed E-state index contributed by atoms with van der Waals surface area (Å²) in [5.74, 6) is 2.28. The van der Waals surface area contributed by atoms with E-state index in [-0.39, 0.29) is 0 Å². The van der Waals surface area contributed by atoms with Crippen LogP contribution >= 0.6 is 15.9 Å². The van der Waals surface area contributed by atoms with Crippen LogP contribution in [0.15, 0.2) is 12.1 Å². The lowest BCUT2D eigenvalue weighted by Gasteiger charge is -2.32. The van der Waals surface area contributed by atoms with Gasteiger partial charge in [-0.15, -0.1) is 0 Å². The van der Waals surface area contributed by atoms with E-state index in [4.69, 9.17) is 9.47 Å². The monoisotopic (exact) mass is 340 g/mol. The molecule has 1 aromatic carbocycles. The van der Waals surface area contributed by atoms with E-state index in [2.05, 4.69) is 48.8 Å². The van der Waals surface area contributed by atoms with Crippen LogP contribution in [0.2, 0.25) is 0 Å². The first-order valence-corrected chi connectivity index (χ1v) is 8.19. The van der Waals surface area contributed by atoms with Crippen LogP contribution in [0.4, 0.5) is 0 Å². The highest BCUT2D eigenvalue weighted by molar-refractivity contribution is 9.09. The van der Waals surface area contributed by atoms with E-state index in [9.17, 15) is 0 Å². The Bertz CT molecular complexity index is 482. The van der Waals surface area contributed by atoms with Crippen LogP contribution in [0.3, 0.4) is 0 Å². The van der Waals surface area contributed by atoms with Crippen LogP contribution in [0.5, 0.6) is 11.5 Å². The van der Waals surface area contributed by atoms with Gasteiger partial charge in [-0.2, -0.15) is 0 Å². The molecule has 0 amide bonds. The number of methoxy groups -OCH3 is 2. The summed E-state index contributed by atoms with van der Waals surface area (Å²) in [7, 11) is 3.38. The van der Waals surface area contributed by atoms with Crippen molar-refractivity contribution in [2.45, 2.75) is 44.9 Å². The third kappa shape index (κ3) is 2.83. The Morgan fingerprint density at radius 1 is 1.20 bits per heavy atom. The fourth-order valence-electron chi connectivity index (χ4n) is 3.41. The van der Waals surface area contributed by atoms with Crippen molar-refractivity contribution in [1.29, 1.82) is 0 Å². The maximum atomic E-state index is 5.45. The summed E-state index contributed by atoms with van der Waals surface area (Å²) in [5.41, 5.74) is 2.98. The Hall–Kier alpha value is -0.700. The summed E-state index contributed by atoms with van der Waals surface area (Å²) in [6.45, 7) is 6.91. The molecule has 0 spiro atoms. The molecule has 1 aromatic rings. The van der Waals surface area contributed by atoms with Gasteiger partial charge in [0, 0.05) is 4.83 Å². The molecule has 1 saturated carbocycles. The van der Waals surface area contributed by atoms with Gasteiger partial charge in [-0.05, 0) is 54.4 Å². The fraction of sp³-hybridized carbons (Fsp3) is 0.647. The molecule has 1 aliphatic carbocycles. The lowest BCUT2D eigenvalue weighted by molar-refractivity contribution is 0.256. The average Bonchev–Trinajstić information content (AvgIpc) is 2.77. The largest absolute Gasteiger partial charge is 0.493 e. The number of rotatable bonds is 4. The Kier molecular flexibility index (Phi) is 4.68. The Morgan fingerprint density at radius 2 is 1.80 bits per heavy atom. The smallest absolute Gasteiger partial charge is 0.161 e. The zero-order valence-electron chi connectivity index (χ0n) is 13.1. The van der Waals surface area contributed by atoms with Crippen molar-refractivity contribution in [3.8, 4) is 11.5 Å². The molecular formula is C17H25BrO2. The maximum absolute atomic E-state index is 5.45. The number of aryl methyl sites for hydroxylation is 1. The second kappa shape index (κ2) is 5.97. The predicted molar refractivity (Wildman–Crippen MR) is 87.1 cm³/mol. The first-order chi connectivity index (χ1) is 9.40. The molecule has 0 aromatic heterocycles. The van der Waals surface area contributed by atoms with Crippen LogP contribution in [-0.4, -0.2) is 14.2 Å². The van der Waals surface area contributed by atoms with Gasteiger partial charge in [0.1, 0.15) is 0 Å². The van der Waals surface area contributed by atoms with Crippen molar-refractivity contribution in [3.05, 3.63) is 23.3 Å². The van der Waals surface area contributed by atoms with Gasteiger partial charge in [-0.1, -0.05) is 36.2 Å². The van der Waals surface area contributed by atoms with Crippen LogP contribution < -0.4 is 9.47 Å². The molecule has 2 nitrogen and oxygen atoms in total. The van der Waals surface area contributed by atoms with E-state index in [0.717, 1.165) is 11.5 Å². The second-order valence-electron chi connectivity index (χ2n) is 6.45. The summed E-state index contributed by atoms with van der Waals surface area (Å²) >= 11 is 3.95. The molecule has 0 saturated heterocycles. The number of ether oxygens (including phenoxy) is 2. The average molecular weight is 341 g/mol. The Balaban J connectivity index is 2.37. The Labute approximate surface area is 131 Å². The predicted octanol–water partition coefficient (Wildman–Crippen LogP) is 5.27. The molecule has 2 unspecified atom stereocenters. The molecule has 2 rings (SSSR count). The molecule has 20 heavy (non-hydrogen) atoms. The van der Waals surface area contributed by atoms with Gasteiger partial charge in [-0.3, -0.25) is 0 Å². The van der Waals surface area contributed by atoms with E-state index < -0.39 is 0 Å². The second-order valence-corrected chi connectivity index (χ2v) is 7.44. The highest BCUT2D eigenvalue weighted by Crippen LogP contribution is 2.53. The van der Waals surface area contributed by atoms with Gasteiger partial charge >= 0.3 is 0 Å². The van der Waals surface area contributed by atoms with Crippen LogP contribution in [0.25, 0.3) is 0 Å². The molecule has 0 aliphatic heterocycles. The van der Waals surface area contributed by atoms with E-state index in [0.29, 0.717) is 16.2 Å². The molecule has 0 heterocycles. The van der Waals surface area contributed by atoms with Gasteiger partial charge in [0.25, 0.3) is 0 Å². The standard InChI is InChI=1S/C17H25BrO2/c1-11-9-14(19-4)15(20-5)10-12(11)16(18)13-7-6-8-17(13,2)3/h9-10,13,16H,6-8H2,1-5H3. The van der Waals surface area contributed by atoms with Gasteiger partial charge in [0.05, 0.1) is 14.2 Å². The highest BCUT2D eigenvalue weighted by Gasteiger charge is 2.39. The van der Waals surface area contributed by atoms with Crippen molar-refractivity contribution in [2.24, 2.45) is 11.3 Å². The van der Waals surface area contributed by atoms with Gasteiger partial charge in [0.15, 0.2) is 11.5 Å². The zero-order chi connectivity index (χ0) is 14.9. The van der Waals surface area contributed by atoms with Gasteiger partial charge in [0.2, 0.25) is 0 Å². The van der Waals surface area contributed by atoms with E-state index in [1.165, 1.54) is 30.4 Å². The summed E-state index contributed by atoms with van der Waals surface area (Å²) < 4.78 is 10.8. The minimum Gasteiger partial charge on any atom is -0.493 e. The normalized spacial score (nSPS) is 22.6. The van der Waals surface area contributed by atoms with Crippen molar-refractivity contribution in [3.63, 3.8) is 0 Å².